The lowest BCUT2D eigenvalue weighted by molar-refractivity contribution is -0.328. The summed E-state index contributed by atoms with van der Waals surface area (Å²) in [4.78, 5) is 9.98. The Bertz CT molecular complexity index is 136. The molecule has 0 bridgehead atoms. The molecule has 70 valence electrons. The van der Waals surface area contributed by atoms with E-state index in [9.17, 15) is 0 Å². The van der Waals surface area contributed by atoms with Crippen molar-refractivity contribution in [2.24, 2.45) is 0 Å². The Labute approximate surface area is 73.2 Å². The molecule has 3 heteroatoms. The summed E-state index contributed by atoms with van der Waals surface area (Å²) >= 11 is 0. The molecule has 0 aromatic rings. The van der Waals surface area contributed by atoms with Crippen LogP contribution in [0.4, 0.5) is 0 Å². The Kier molecular flexibility index (Phi) is 4.11. The van der Waals surface area contributed by atoms with Crippen LogP contribution in [0.5, 0.6) is 0 Å². The van der Waals surface area contributed by atoms with Crippen LogP contribution in [-0.2, 0) is 14.5 Å². The van der Waals surface area contributed by atoms with Crippen LogP contribution in [0.1, 0.15) is 26.2 Å². The van der Waals surface area contributed by atoms with E-state index in [-0.39, 0.29) is 12.2 Å². The van der Waals surface area contributed by atoms with Crippen LogP contribution in [0, 0.1) is 0 Å². The Morgan fingerprint density at radius 1 is 1.42 bits per heavy atom. The monoisotopic (exact) mass is 172 g/mol. The summed E-state index contributed by atoms with van der Waals surface area (Å²) in [6.45, 7) is 6.13. The minimum Gasteiger partial charge on any atom is -0.499 e. The summed E-state index contributed by atoms with van der Waals surface area (Å²) in [5.74, 6) is 0. The molecule has 3 nitrogen and oxygen atoms in total. The third kappa shape index (κ3) is 3.24. The van der Waals surface area contributed by atoms with Gasteiger partial charge in [0.05, 0.1) is 19.0 Å². The van der Waals surface area contributed by atoms with Crippen molar-refractivity contribution >= 4 is 0 Å². The van der Waals surface area contributed by atoms with E-state index in [2.05, 4.69) is 6.58 Å². The molecule has 1 aliphatic rings. The molecule has 1 fully saturated rings. The van der Waals surface area contributed by atoms with Gasteiger partial charge in [0.15, 0.2) is 0 Å². The van der Waals surface area contributed by atoms with Crippen LogP contribution in [0.2, 0.25) is 0 Å². The molecule has 2 unspecified atom stereocenters. The zero-order chi connectivity index (χ0) is 8.81. The van der Waals surface area contributed by atoms with Crippen molar-refractivity contribution in [1.82, 2.24) is 0 Å². The van der Waals surface area contributed by atoms with Crippen LogP contribution in [0.3, 0.4) is 0 Å². The van der Waals surface area contributed by atoms with E-state index < -0.39 is 0 Å². The first-order chi connectivity index (χ1) is 5.83. The second-order valence-electron chi connectivity index (χ2n) is 3.02. The lowest BCUT2D eigenvalue weighted by Gasteiger charge is -2.21. The summed E-state index contributed by atoms with van der Waals surface area (Å²) in [6, 6.07) is 0. The van der Waals surface area contributed by atoms with Crippen molar-refractivity contribution in [3.63, 3.8) is 0 Å². The molecule has 1 rings (SSSR count). The van der Waals surface area contributed by atoms with Crippen LogP contribution in [0.25, 0.3) is 0 Å². The Morgan fingerprint density at radius 2 is 2.25 bits per heavy atom. The van der Waals surface area contributed by atoms with Gasteiger partial charge in [0.1, 0.15) is 6.10 Å². The maximum absolute atomic E-state index is 5.30. The maximum atomic E-state index is 5.30. The number of rotatable bonds is 2. The zero-order valence-corrected chi connectivity index (χ0v) is 7.49. The SMILES string of the molecule is C=COC1CCOOC(C)CC1. The average Bonchev–Trinajstić information content (AvgIpc) is 2.04. The molecule has 12 heavy (non-hydrogen) atoms. The molecule has 0 aliphatic carbocycles. The normalized spacial score (nSPS) is 31.8. The first-order valence-corrected chi connectivity index (χ1v) is 4.37. The highest BCUT2D eigenvalue weighted by atomic mass is 17.2. The highest BCUT2D eigenvalue weighted by molar-refractivity contribution is 4.65. The highest BCUT2D eigenvalue weighted by Gasteiger charge is 2.15. The van der Waals surface area contributed by atoms with E-state index in [1.165, 1.54) is 6.26 Å². The van der Waals surface area contributed by atoms with Gasteiger partial charge in [-0.25, -0.2) is 9.78 Å². The summed E-state index contributed by atoms with van der Waals surface area (Å²) < 4.78 is 5.30. The standard InChI is InChI=1S/C9H16O3/c1-3-10-9-5-4-8(2)12-11-7-6-9/h3,8-9H,1,4-7H2,2H3. The first-order valence-electron chi connectivity index (χ1n) is 4.37. The average molecular weight is 172 g/mol. The fourth-order valence-electron chi connectivity index (χ4n) is 1.23. The van der Waals surface area contributed by atoms with Crippen molar-refractivity contribution in [3.8, 4) is 0 Å². The first kappa shape index (κ1) is 9.55. The van der Waals surface area contributed by atoms with Crippen molar-refractivity contribution in [3.05, 3.63) is 12.8 Å². The van der Waals surface area contributed by atoms with Crippen molar-refractivity contribution in [2.75, 3.05) is 6.61 Å². The number of ether oxygens (including phenoxy) is 1. The molecule has 1 heterocycles. The van der Waals surface area contributed by atoms with Gasteiger partial charge in [0, 0.05) is 6.42 Å². The molecular weight excluding hydrogens is 156 g/mol. The van der Waals surface area contributed by atoms with Crippen LogP contribution >= 0.6 is 0 Å². The molecule has 1 aliphatic heterocycles. The smallest absolute Gasteiger partial charge is 0.100 e. The minimum atomic E-state index is 0.168. The summed E-state index contributed by atoms with van der Waals surface area (Å²) in [5.41, 5.74) is 0. The fraction of sp³-hybridized carbons (Fsp3) is 0.778. The van der Waals surface area contributed by atoms with Gasteiger partial charge in [-0.05, 0) is 19.8 Å². The van der Waals surface area contributed by atoms with Gasteiger partial charge in [-0.15, -0.1) is 0 Å². The molecule has 0 saturated carbocycles. The third-order valence-electron chi connectivity index (χ3n) is 1.94. The van der Waals surface area contributed by atoms with E-state index in [4.69, 9.17) is 14.5 Å². The van der Waals surface area contributed by atoms with Crippen LogP contribution < -0.4 is 0 Å². The van der Waals surface area contributed by atoms with Gasteiger partial charge in [-0.3, -0.25) is 0 Å². The van der Waals surface area contributed by atoms with Crippen molar-refractivity contribution in [1.29, 1.82) is 0 Å². The molecule has 0 radical (unpaired) electrons. The van der Waals surface area contributed by atoms with Gasteiger partial charge >= 0.3 is 0 Å². The van der Waals surface area contributed by atoms with Gasteiger partial charge in [0.2, 0.25) is 0 Å². The molecule has 0 amide bonds. The maximum Gasteiger partial charge on any atom is 0.100 e. The third-order valence-corrected chi connectivity index (χ3v) is 1.94. The van der Waals surface area contributed by atoms with Crippen LogP contribution in [0.15, 0.2) is 12.8 Å². The lowest BCUT2D eigenvalue weighted by atomic mass is 10.1. The molecule has 0 N–H and O–H groups in total. The van der Waals surface area contributed by atoms with E-state index in [0.717, 1.165) is 19.3 Å². The van der Waals surface area contributed by atoms with Gasteiger partial charge in [-0.1, -0.05) is 6.58 Å². The molecular formula is C9H16O3. The van der Waals surface area contributed by atoms with Crippen LogP contribution in [-0.4, -0.2) is 18.8 Å². The van der Waals surface area contributed by atoms with Gasteiger partial charge in [-0.2, -0.15) is 0 Å². The zero-order valence-electron chi connectivity index (χ0n) is 7.49. The summed E-state index contributed by atoms with van der Waals surface area (Å²) in [6.07, 6.45) is 4.76. The highest BCUT2D eigenvalue weighted by Crippen LogP contribution is 2.14. The van der Waals surface area contributed by atoms with E-state index in [0.29, 0.717) is 6.61 Å². The van der Waals surface area contributed by atoms with E-state index in [1.54, 1.807) is 0 Å². The molecule has 0 aromatic heterocycles. The Morgan fingerprint density at radius 3 is 3.00 bits per heavy atom. The predicted molar refractivity (Wildman–Crippen MR) is 45.4 cm³/mol. The quantitative estimate of drug-likeness (QED) is 0.471. The lowest BCUT2D eigenvalue weighted by Crippen LogP contribution is -2.21. The van der Waals surface area contributed by atoms with Gasteiger partial charge in [0.25, 0.3) is 0 Å². The molecule has 0 aromatic carbocycles. The van der Waals surface area contributed by atoms with Crippen molar-refractivity contribution in [2.45, 2.75) is 38.4 Å². The molecule has 2 atom stereocenters. The van der Waals surface area contributed by atoms with E-state index >= 15 is 0 Å². The Hall–Kier alpha value is -0.540. The second-order valence-corrected chi connectivity index (χ2v) is 3.02. The number of hydrogen-bond donors (Lipinski definition) is 0. The fourth-order valence-corrected chi connectivity index (χ4v) is 1.23. The largest absolute Gasteiger partial charge is 0.499 e. The second kappa shape index (κ2) is 5.17. The molecule has 0 spiro atoms. The Balaban J connectivity index is 2.28. The minimum absolute atomic E-state index is 0.168. The van der Waals surface area contributed by atoms with Crippen molar-refractivity contribution < 1.29 is 14.5 Å². The van der Waals surface area contributed by atoms with E-state index in [1.807, 2.05) is 6.92 Å². The molecule has 1 saturated heterocycles. The predicted octanol–water partition coefficient (Wildman–Crippen LogP) is 2.04. The summed E-state index contributed by atoms with van der Waals surface area (Å²) in [7, 11) is 0. The summed E-state index contributed by atoms with van der Waals surface area (Å²) in [5, 5.41) is 0. The van der Waals surface area contributed by atoms with Gasteiger partial charge < -0.3 is 4.74 Å². The number of hydrogen-bond acceptors (Lipinski definition) is 3. The topological polar surface area (TPSA) is 27.7 Å².